The number of ether oxygens (including phenoxy) is 1. The number of carbonyl (C=O) groups excluding carboxylic acids is 1. The molecule has 1 aliphatic rings. The molecular weight excluding hydrogens is 288 g/mol. The molecule has 0 saturated heterocycles. The number of ketones is 1. The first kappa shape index (κ1) is 13.6. The predicted octanol–water partition coefficient (Wildman–Crippen LogP) is 5.34. The van der Waals surface area contributed by atoms with Gasteiger partial charge >= 0.3 is 0 Å². The summed E-state index contributed by atoms with van der Waals surface area (Å²) in [6.07, 6.45) is 4.20. The van der Waals surface area contributed by atoms with Crippen LogP contribution in [0, 0.1) is 0 Å². The summed E-state index contributed by atoms with van der Waals surface area (Å²) in [5.41, 5.74) is 1.77. The summed E-state index contributed by atoms with van der Waals surface area (Å²) in [5, 5.41) is 0. The van der Waals surface area contributed by atoms with Crippen LogP contribution in [0.1, 0.15) is 22.5 Å². The fraction of sp³-hybridized carbons (Fsp3) is 0.0500. The van der Waals surface area contributed by atoms with Crippen molar-refractivity contribution in [2.45, 2.75) is 6.42 Å². The van der Waals surface area contributed by atoms with Crippen molar-refractivity contribution in [1.82, 2.24) is 0 Å². The van der Waals surface area contributed by atoms with Gasteiger partial charge in [-0.15, -0.1) is 0 Å². The molecule has 1 aliphatic carbocycles. The Kier molecular flexibility index (Phi) is 3.31. The fourth-order valence-corrected chi connectivity index (χ4v) is 2.59. The van der Waals surface area contributed by atoms with Gasteiger partial charge in [0, 0.05) is 17.5 Å². The van der Waals surface area contributed by atoms with Crippen molar-refractivity contribution >= 4 is 11.9 Å². The molecule has 112 valence electrons. The van der Waals surface area contributed by atoms with Gasteiger partial charge < -0.3 is 9.15 Å². The highest BCUT2D eigenvalue weighted by Gasteiger charge is 2.19. The van der Waals surface area contributed by atoms with Crippen LogP contribution in [0.3, 0.4) is 0 Å². The Morgan fingerprint density at radius 3 is 2.39 bits per heavy atom. The first-order valence-corrected chi connectivity index (χ1v) is 7.46. The van der Waals surface area contributed by atoms with Gasteiger partial charge in [0.2, 0.25) is 5.78 Å². The number of benzene rings is 2. The van der Waals surface area contributed by atoms with Crippen molar-refractivity contribution in [3.63, 3.8) is 0 Å². The van der Waals surface area contributed by atoms with E-state index in [2.05, 4.69) is 0 Å². The molecule has 0 radical (unpaired) electrons. The maximum Gasteiger partial charge on any atom is 0.202 e. The van der Waals surface area contributed by atoms with Gasteiger partial charge in [-0.3, -0.25) is 4.79 Å². The second kappa shape index (κ2) is 5.61. The zero-order valence-electron chi connectivity index (χ0n) is 12.4. The molecule has 3 nitrogen and oxygen atoms in total. The average molecular weight is 302 g/mol. The standard InChI is InChI=1S/C20H14O3/c21-18-8-4-5-15-13-19(23-20(15)18)14-9-11-17(12-10-14)22-16-6-2-1-3-7-16/h1-7,9-13H,8H2. The van der Waals surface area contributed by atoms with E-state index in [1.54, 1.807) is 0 Å². The molecule has 0 spiro atoms. The third kappa shape index (κ3) is 2.69. The Bertz CT molecular complexity index is 871. The van der Waals surface area contributed by atoms with E-state index in [1.807, 2.05) is 72.8 Å². The number of furan rings is 1. The highest BCUT2D eigenvalue weighted by Crippen LogP contribution is 2.31. The topological polar surface area (TPSA) is 39.4 Å². The smallest absolute Gasteiger partial charge is 0.202 e. The maximum absolute atomic E-state index is 11.8. The van der Waals surface area contributed by atoms with E-state index in [9.17, 15) is 4.79 Å². The molecule has 1 aromatic heterocycles. The number of para-hydroxylation sites is 1. The fourth-order valence-electron chi connectivity index (χ4n) is 2.59. The average Bonchev–Trinajstić information content (AvgIpc) is 3.02. The summed E-state index contributed by atoms with van der Waals surface area (Å²) in [6, 6.07) is 19.2. The molecule has 0 amide bonds. The Labute approximate surface area is 133 Å². The van der Waals surface area contributed by atoms with Gasteiger partial charge in [0.1, 0.15) is 17.3 Å². The second-order valence-electron chi connectivity index (χ2n) is 5.36. The summed E-state index contributed by atoms with van der Waals surface area (Å²) in [7, 11) is 0. The second-order valence-corrected chi connectivity index (χ2v) is 5.36. The van der Waals surface area contributed by atoms with E-state index in [0.29, 0.717) is 17.9 Å². The minimum Gasteiger partial charge on any atom is -0.457 e. The van der Waals surface area contributed by atoms with Crippen LogP contribution >= 0.6 is 0 Å². The molecular formula is C20H14O3. The quantitative estimate of drug-likeness (QED) is 0.655. The van der Waals surface area contributed by atoms with Crippen molar-refractivity contribution in [3.05, 3.63) is 78.1 Å². The molecule has 0 saturated carbocycles. The molecule has 3 aromatic rings. The van der Waals surface area contributed by atoms with E-state index in [0.717, 1.165) is 22.6 Å². The van der Waals surface area contributed by atoms with Crippen molar-refractivity contribution in [2.24, 2.45) is 0 Å². The SMILES string of the molecule is O=C1CC=Cc2cc(-c3ccc(Oc4ccccc4)cc3)oc21. The molecule has 1 heterocycles. The molecule has 23 heavy (non-hydrogen) atoms. The molecule has 0 fully saturated rings. The van der Waals surface area contributed by atoms with E-state index >= 15 is 0 Å². The van der Waals surface area contributed by atoms with Gasteiger partial charge in [0.25, 0.3) is 0 Å². The van der Waals surface area contributed by atoms with E-state index in [1.165, 1.54) is 0 Å². The Balaban J connectivity index is 1.59. The van der Waals surface area contributed by atoms with E-state index < -0.39 is 0 Å². The first-order chi connectivity index (χ1) is 11.3. The van der Waals surface area contributed by atoms with Crippen molar-refractivity contribution in [3.8, 4) is 22.8 Å². The molecule has 2 aromatic carbocycles. The van der Waals surface area contributed by atoms with E-state index in [4.69, 9.17) is 9.15 Å². The first-order valence-electron chi connectivity index (χ1n) is 7.46. The van der Waals surface area contributed by atoms with Crippen LogP contribution in [0.4, 0.5) is 0 Å². The van der Waals surface area contributed by atoms with Crippen LogP contribution < -0.4 is 4.74 Å². The molecule has 0 bridgehead atoms. The van der Waals surface area contributed by atoms with Crippen molar-refractivity contribution in [1.29, 1.82) is 0 Å². The van der Waals surface area contributed by atoms with Gasteiger partial charge in [-0.1, -0.05) is 30.4 Å². The monoisotopic (exact) mass is 302 g/mol. The number of hydrogen-bond donors (Lipinski definition) is 0. The van der Waals surface area contributed by atoms with Crippen LogP contribution in [0.2, 0.25) is 0 Å². The summed E-state index contributed by atoms with van der Waals surface area (Å²) in [6.45, 7) is 0. The largest absolute Gasteiger partial charge is 0.457 e. The Morgan fingerprint density at radius 1 is 0.913 bits per heavy atom. The molecule has 0 atom stereocenters. The minimum absolute atomic E-state index is 0.0257. The van der Waals surface area contributed by atoms with Gasteiger partial charge in [-0.25, -0.2) is 0 Å². The zero-order valence-corrected chi connectivity index (χ0v) is 12.4. The Hall–Kier alpha value is -3.07. The van der Waals surface area contributed by atoms with Gasteiger partial charge in [-0.2, -0.15) is 0 Å². The lowest BCUT2D eigenvalue weighted by Gasteiger charge is -2.05. The zero-order chi connectivity index (χ0) is 15.6. The van der Waals surface area contributed by atoms with Gasteiger partial charge in [0.05, 0.1) is 0 Å². The molecule has 3 heteroatoms. The molecule has 0 aliphatic heterocycles. The van der Waals surface area contributed by atoms with Crippen molar-refractivity contribution in [2.75, 3.05) is 0 Å². The summed E-state index contributed by atoms with van der Waals surface area (Å²) < 4.78 is 11.5. The number of fused-ring (bicyclic) bond motifs is 1. The van der Waals surface area contributed by atoms with Crippen molar-refractivity contribution < 1.29 is 13.9 Å². The summed E-state index contributed by atoms with van der Waals surface area (Å²) >= 11 is 0. The summed E-state index contributed by atoms with van der Waals surface area (Å²) in [4.78, 5) is 11.8. The van der Waals surface area contributed by atoms with Crippen LogP contribution in [0.15, 0.2) is 71.2 Å². The third-order valence-electron chi connectivity index (χ3n) is 3.73. The lowest BCUT2D eigenvalue weighted by Crippen LogP contribution is -2.00. The molecule has 4 rings (SSSR count). The number of allylic oxidation sites excluding steroid dienone is 1. The van der Waals surface area contributed by atoms with Gasteiger partial charge in [0.15, 0.2) is 5.76 Å². The van der Waals surface area contributed by atoms with Crippen LogP contribution in [0.5, 0.6) is 11.5 Å². The van der Waals surface area contributed by atoms with Gasteiger partial charge in [-0.05, 0) is 42.5 Å². The number of rotatable bonds is 3. The van der Waals surface area contributed by atoms with Crippen LogP contribution in [-0.2, 0) is 0 Å². The molecule has 0 unspecified atom stereocenters. The molecule has 0 N–H and O–H groups in total. The Morgan fingerprint density at radius 2 is 1.65 bits per heavy atom. The summed E-state index contributed by atoms with van der Waals surface area (Å²) in [5.74, 6) is 2.72. The highest BCUT2D eigenvalue weighted by molar-refractivity contribution is 6.01. The van der Waals surface area contributed by atoms with Crippen LogP contribution in [0.25, 0.3) is 17.4 Å². The lowest BCUT2D eigenvalue weighted by molar-refractivity contribution is 0.0968. The normalized spacial score (nSPS) is 13.0. The minimum atomic E-state index is 0.0257. The van der Waals surface area contributed by atoms with Crippen LogP contribution in [-0.4, -0.2) is 5.78 Å². The third-order valence-corrected chi connectivity index (χ3v) is 3.73. The number of hydrogen-bond acceptors (Lipinski definition) is 3. The van der Waals surface area contributed by atoms with E-state index in [-0.39, 0.29) is 5.78 Å². The number of Topliss-reactive ketones (excluding diaryl/α,β-unsaturated/α-hetero) is 1. The predicted molar refractivity (Wildman–Crippen MR) is 88.6 cm³/mol. The number of carbonyl (C=O) groups is 1. The highest BCUT2D eigenvalue weighted by atomic mass is 16.5. The lowest BCUT2D eigenvalue weighted by atomic mass is 10.0. The maximum atomic E-state index is 11.8.